The summed E-state index contributed by atoms with van der Waals surface area (Å²) in [5.41, 5.74) is 3.22. The lowest BCUT2D eigenvalue weighted by Gasteiger charge is -2.20. The molecule has 85 heavy (non-hydrogen) atoms. The molecule has 0 aliphatic carbocycles. The normalized spacial score (nSPS) is 10.6. The number of anilines is 2. The molecule has 0 aliphatic heterocycles. The number of ketones is 5. The average molecular weight is 1160 g/mol. The number of hydrogen-bond donors (Lipinski definition) is 2. The van der Waals surface area contributed by atoms with Crippen LogP contribution in [0.3, 0.4) is 0 Å². The van der Waals surface area contributed by atoms with Crippen LogP contribution in [-0.2, 0) is 22.4 Å². The molecule has 10 aromatic rings. The van der Waals surface area contributed by atoms with Crippen LogP contribution in [0.5, 0.6) is 17.2 Å². The summed E-state index contributed by atoms with van der Waals surface area (Å²) in [5, 5.41) is 22.1. The van der Waals surface area contributed by atoms with E-state index in [1.54, 1.807) is 49.4 Å². The summed E-state index contributed by atoms with van der Waals surface area (Å²) in [6, 6.07) is 31.3. The van der Waals surface area contributed by atoms with Gasteiger partial charge in [0.1, 0.15) is 73.4 Å². The fourth-order valence-electron chi connectivity index (χ4n) is 8.69. The minimum atomic E-state index is -0.680. The number of carbonyl (C=O) groups excluding carboxylic acids is 5. The molecule has 10 rings (SSSR count). The summed E-state index contributed by atoms with van der Waals surface area (Å²) in [6.45, 7) is 14.6. The van der Waals surface area contributed by atoms with Gasteiger partial charge in [0.05, 0.1) is 7.11 Å². The Morgan fingerprint density at radius 3 is 1.39 bits per heavy atom. The Bertz CT molecular complexity index is 4520. The van der Waals surface area contributed by atoms with Crippen LogP contribution in [0.25, 0.3) is 54.8 Å². The van der Waals surface area contributed by atoms with Crippen molar-refractivity contribution in [2.24, 2.45) is 0 Å². The molecule has 2 N–H and O–H groups in total. The molecule has 5 aromatic heterocycles. The van der Waals surface area contributed by atoms with Crippen molar-refractivity contribution >= 4 is 95.1 Å². The van der Waals surface area contributed by atoms with Crippen molar-refractivity contribution in [2.75, 3.05) is 44.1 Å². The third-order valence-corrected chi connectivity index (χ3v) is 13.1. The van der Waals surface area contributed by atoms with Crippen LogP contribution in [0, 0.1) is 6.92 Å². The molecule has 20 heteroatoms. The third-order valence-electron chi connectivity index (χ3n) is 13.1. The van der Waals surface area contributed by atoms with Crippen molar-refractivity contribution in [3.05, 3.63) is 201 Å². The number of rotatable bonds is 12. The molecular formula is C65H62N2O18. The number of nitrogens with zero attached hydrogens (tertiary/aromatic N) is 2. The van der Waals surface area contributed by atoms with Gasteiger partial charge in [0.15, 0.2) is 17.3 Å². The number of aromatic hydroxyl groups is 2. The van der Waals surface area contributed by atoms with Crippen molar-refractivity contribution < 1.29 is 61.0 Å². The van der Waals surface area contributed by atoms with Crippen LogP contribution in [-0.4, -0.2) is 73.4 Å². The molecule has 0 bridgehead atoms. The Morgan fingerprint density at radius 2 is 0.894 bits per heavy atom. The first kappa shape index (κ1) is 63.7. The standard InChI is InChI=1S/C15H17NO3.C14H15NO3.C13H12O4.C12H10O4.C11H8O4/c1-4-16(5-2)12-7-6-11-8-13(10(3)17)15(18)19-14(11)9-12;1-9(16)6-10-7-14(17)18-13-8-11(15(2)3)4-5-12(10)13;1-7(14)5-11-8(2)10-4-3-9(15)6-12(10)17-13(11)16;1-7(13)10-5-8-3-4-9(15-2)6-11(8)16-12(10)14;1-6(12)9-4-7-2-3-8(13)5-10(7)15-11(9)14/h6-9H,4-5H2,1-3H3;4-5,7-8H,6H2,1-3H3;3-4,6,15H,5H2,1-2H3;3-6H,1-2H3;2-5,13H,1H3. The van der Waals surface area contributed by atoms with Gasteiger partial charge < -0.3 is 46.8 Å². The average Bonchev–Trinajstić information content (AvgIpc) is 3.44. The highest BCUT2D eigenvalue weighted by molar-refractivity contribution is 5.98. The Balaban J connectivity index is 0.000000171. The smallest absolute Gasteiger partial charge is 0.347 e. The van der Waals surface area contributed by atoms with E-state index < -0.39 is 28.1 Å². The maximum Gasteiger partial charge on any atom is 0.347 e. The Kier molecular flexibility index (Phi) is 21.0. The van der Waals surface area contributed by atoms with Gasteiger partial charge in [0.2, 0.25) is 0 Å². The van der Waals surface area contributed by atoms with E-state index >= 15 is 0 Å². The van der Waals surface area contributed by atoms with Gasteiger partial charge in [-0.1, -0.05) is 0 Å². The van der Waals surface area contributed by atoms with Crippen LogP contribution < -0.4 is 42.7 Å². The van der Waals surface area contributed by atoms with E-state index in [1.165, 1.54) is 84.2 Å². The topological polar surface area (TPSA) is 293 Å². The van der Waals surface area contributed by atoms with Gasteiger partial charge in [-0.05, 0) is 145 Å². The summed E-state index contributed by atoms with van der Waals surface area (Å²) >= 11 is 0. The van der Waals surface area contributed by atoms with Crippen LogP contribution >= 0.6 is 0 Å². The summed E-state index contributed by atoms with van der Waals surface area (Å²) in [4.78, 5) is 118. The van der Waals surface area contributed by atoms with Crippen molar-refractivity contribution in [3.8, 4) is 17.2 Å². The summed E-state index contributed by atoms with van der Waals surface area (Å²) < 4.78 is 30.4. The van der Waals surface area contributed by atoms with Crippen molar-refractivity contribution in [1.29, 1.82) is 0 Å². The van der Waals surface area contributed by atoms with E-state index in [0.717, 1.165) is 51.7 Å². The van der Waals surface area contributed by atoms with Crippen molar-refractivity contribution in [2.45, 2.75) is 68.2 Å². The van der Waals surface area contributed by atoms with E-state index in [4.69, 9.17) is 26.8 Å². The van der Waals surface area contributed by atoms with Crippen LogP contribution in [0.2, 0.25) is 0 Å². The molecule has 0 saturated heterocycles. The maximum absolute atomic E-state index is 11.7. The van der Waals surface area contributed by atoms with E-state index in [2.05, 4.69) is 18.7 Å². The monoisotopic (exact) mass is 1160 g/mol. The molecule has 0 amide bonds. The minimum absolute atomic E-state index is 0.0150. The van der Waals surface area contributed by atoms with Crippen LogP contribution in [0.4, 0.5) is 11.4 Å². The SMILES string of the molecule is CC(=O)Cc1c(C)c2ccc(O)cc2oc1=O.CC(=O)Cc1cc(=O)oc2cc(N(C)C)ccc12.CC(=O)c1cc2ccc(O)cc2oc1=O.CCN(CC)c1ccc2cc(C(C)=O)c(=O)oc2c1.COc1ccc2cc(C(C)=O)c(=O)oc2c1. The predicted molar refractivity (Wildman–Crippen MR) is 324 cm³/mol. The summed E-state index contributed by atoms with van der Waals surface area (Å²) in [5.74, 6) is -0.308. The van der Waals surface area contributed by atoms with Crippen LogP contribution in [0.15, 0.2) is 161 Å². The van der Waals surface area contributed by atoms with E-state index in [0.29, 0.717) is 44.4 Å². The quantitative estimate of drug-likeness (QED) is 0.0848. The largest absolute Gasteiger partial charge is 0.508 e. The molecule has 0 spiro atoms. The Morgan fingerprint density at radius 1 is 0.471 bits per heavy atom. The van der Waals surface area contributed by atoms with Crippen LogP contribution in [0.1, 0.15) is 96.2 Å². The van der Waals surface area contributed by atoms with E-state index in [1.807, 2.05) is 49.3 Å². The number of Topliss-reactive ketones (excluding diaryl/α,β-unsaturated/α-hetero) is 5. The number of phenolic OH excluding ortho intramolecular Hbond substituents is 2. The summed E-state index contributed by atoms with van der Waals surface area (Å²) in [6.07, 6.45) is 0.328. The lowest BCUT2D eigenvalue weighted by molar-refractivity contribution is -0.117. The first-order valence-electron chi connectivity index (χ1n) is 26.4. The zero-order valence-electron chi connectivity index (χ0n) is 48.6. The number of aryl methyl sites for hydroxylation is 1. The van der Waals surface area contributed by atoms with Crippen molar-refractivity contribution in [1.82, 2.24) is 0 Å². The van der Waals surface area contributed by atoms with Gasteiger partial charge >= 0.3 is 28.1 Å². The highest BCUT2D eigenvalue weighted by atomic mass is 16.5. The Hall–Kier alpha value is -10.5. The van der Waals surface area contributed by atoms with Gasteiger partial charge in [-0.25, -0.2) is 24.0 Å². The molecular weight excluding hydrogens is 1100 g/mol. The second-order valence-corrected chi connectivity index (χ2v) is 19.6. The molecule has 0 atom stereocenters. The summed E-state index contributed by atoms with van der Waals surface area (Å²) in [7, 11) is 5.36. The number of ether oxygens (including phenoxy) is 1. The van der Waals surface area contributed by atoms with Gasteiger partial charge in [-0.15, -0.1) is 0 Å². The molecule has 0 aliphatic rings. The van der Waals surface area contributed by atoms with Gasteiger partial charge in [-0.3, -0.25) is 24.0 Å². The first-order chi connectivity index (χ1) is 40.2. The lowest BCUT2D eigenvalue weighted by atomic mass is 10.0. The first-order valence-corrected chi connectivity index (χ1v) is 26.4. The number of fused-ring (bicyclic) bond motifs is 5. The maximum atomic E-state index is 11.7. The van der Waals surface area contributed by atoms with E-state index in [9.17, 15) is 58.2 Å². The molecule has 440 valence electrons. The fraction of sp³-hybridized carbons (Fsp3) is 0.231. The molecule has 0 unspecified atom stereocenters. The number of benzene rings is 5. The zero-order chi connectivity index (χ0) is 62.6. The van der Waals surface area contributed by atoms with Gasteiger partial charge in [0.25, 0.3) is 0 Å². The molecule has 0 radical (unpaired) electrons. The fourth-order valence-corrected chi connectivity index (χ4v) is 8.69. The number of hydrogen-bond acceptors (Lipinski definition) is 20. The second-order valence-electron chi connectivity index (χ2n) is 19.6. The third kappa shape index (κ3) is 16.2. The Labute approximate surface area is 484 Å². The number of phenols is 2. The number of carbonyl (C=O) groups is 5. The highest BCUT2D eigenvalue weighted by Crippen LogP contribution is 2.27. The van der Waals surface area contributed by atoms with Gasteiger partial charge in [0, 0.05) is 120 Å². The molecule has 5 heterocycles. The van der Waals surface area contributed by atoms with Gasteiger partial charge in [-0.2, -0.15) is 0 Å². The zero-order valence-corrected chi connectivity index (χ0v) is 48.6. The van der Waals surface area contributed by atoms with Crippen molar-refractivity contribution in [3.63, 3.8) is 0 Å². The minimum Gasteiger partial charge on any atom is -0.508 e. The molecule has 0 saturated carbocycles. The molecule has 0 fully saturated rings. The number of methoxy groups -OCH3 is 1. The predicted octanol–water partition coefficient (Wildman–Crippen LogP) is 10.5. The second kappa shape index (κ2) is 28.0. The highest BCUT2D eigenvalue weighted by Gasteiger charge is 2.16. The molecule has 20 nitrogen and oxygen atoms in total. The molecule has 5 aromatic carbocycles. The lowest BCUT2D eigenvalue weighted by Crippen LogP contribution is -2.21. The van der Waals surface area contributed by atoms with E-state index in [-0.39, 0.29) is 75.5 Å².